The van der Waals surface area contributed by atoms with Gasteiger partial charge in [-0.1, -0.05) is 0 Å². The van der Waals surface area contributed by atoms with Gasteiger partial charge in [-0.2, -0.15) is 0 Å². The van der Waals surface area contributed by atoms with Crippen LogP contribution in [0.1, 0.15) is 51.0 Å². The van der Waals surface area contributed by atoms with Gasteiger partial charge in [-0.25, -0.2) is 0 Å². The van der Waals surface area contributed by atoms with Crippen LogP contribution < -0.4 is 4.43 Å². The first kappa shape index (κ1) is 13.8. The number of aryl methyl sites for hydroxylation is 1. The summed E-state index contributed by atoms with van der Waals surface area (Å²) in [5.74, 6) is 0. The van der Waals surface area contributed by atoms with Crippen LogP contribution in [0.5, 0.6) is 0 Å². The van der Waals surface area contributed by atoms with Crippen molar-refractivity contribution in [2.45, 2.75) is 57.7 Å². The predicted molar refractivity (Wildman–Crippen MR) is 74.8 cm³/mol. The summed E-state index contributed by atoms with van der Waals surface area (Å²) >= 11 is 0.518. The van der Waals surface area contributed by atoms with Gasteiger partial charge in [0, 0.05) is 0 Å². The number of hydrogen-bond donors (Lipinski definition) is 0. The van der Waals surface area contributed by atoms with E-state index in [0.29, 0.717) is 15.2 Å². The van der Waals surface area contributed by atoms with E-state index in [1.807, 2.05) is 0 Å². The van der Waals surface area contributed by atoms with Crippen molar-refractivity contribution in [2.24, 2.45) is 0 Å². The van der Waals surface area contributed by atoms with Gasteiger partial charge >= 0.3 is 107 Å². The maximum atomic E-state index is 2.31. The minimum atomic E-state index is 0.518. The Balaban J connectivity index is 2.05. The zero-order valence-electron chi connectivity index (χ0n) is 10.8. The normalized spacial score (nSPS) is 10.1. The van der Waals surface area contributed by atoms with Crippen LogP contribution in [0, 0.1) is 6.92 Å². The summed E-state index contributed by atoms with van der Waals surface area (Å²) in [6.45, 7) is 4.52. The molecule has 0 saturated carbocycles. The molecule has 0 fully saturated rings. The molecule has 1 aromatic carbocycles. The molecule has 1 heteroatoms. The summed E-state index contributed by atoms with van der Waals surface area (Å²) in [5.41, 5.74) is 1.49. The van der Waals surface area contributed by atoms with E-state index in [9.17, 15) is 0 Å². The van der Waals surface area contributed by atoms with E-state index in [4.69, 9.17) is 0 Å². The van der Waals surface area contributed by atoms with Crippen LogP contribution in [0.25, 0.3) is 0 Å². The van der Waals surface area contributed by atoms with Crippen LogP contribution in [-0.4, -0.2) is 15.2 Å². The standard InChI is InChI=1S/C8H17.C7H7.Al/c1-3-5-7-8-6-4-2;1-7-5-3-2-4-6-7;/h1,3-8H2,2H3;2-5H,1H3;/q;;+1. The second-order valence-corrected chi connectivity index (χ2v) is 6.22. The average molecular weight is 231 g/mol. The summed E-state index contributed by atoms with van der Waals surface area (Å²) in [6.07, 6.45) is 8.54. The molecule has 0 aromatic heterocycles. The van der Waals surface area contributed by atoms with E-state index in [2.05, 4.69) is 38.1 Å². The summed E-state index contributed by atoms with van der Waals surface area (Å²) in [7, 11) is 0. The molecule has 1 aromatic rings. The second kappa shape index (κ2) is 8.85. The monoisotopic (exact) mass is 231 g/mol. The third kappa shape index (κ3) is 5.73. The molecular formula is C15H24Al+. The van der Waals surface area contributed by atoms with E-state index in [1.165, 1.54) is 49.4 Å². The Kier molecular flexibility index (Phi) is 7.64. The van der Waals surface area contributed by atoms with Gasteiger partial charge in [0.25, 0.3) is 0 Å². The van der Waals surface area contributed by atoms with Gasteiger partial charge in [0.05, 0.1) is 0 Å². The molecule has 0 N–H and O–H groups in total. The Morgan fingerprint density at radius 3 is 2.38 bits per heavy atom. The zero-order chi connectivity index (χ0) is 11.6. The molecule has 0 nitrogen and oxygen atoms in total. The van der Waals surface area contributed by atoms with Gasteiger partial charge in [0.2, 0.25) is 0 Å². The van der Waals surface area contributed by atoms with Crippen LogP contribution >= 0.6 is 0 Å². The fraction of sp³-hybridized carbons (Fsp3) is 0.600. The van der Waals surface area contributed by atoms with Crippen molar-refractivity contribution in [3.63, 3.8) is 0 Å². The molecule has 0 aliphatic heterocycles. The predicted octanol–water partition coefficient (Wildman–Crippen LogP) is 4.10. The van der Waals surface area contributed by atoms with Gasteiger partial charge in [-0.05, 0) is 0 Å². The van der Waals surface area contributed by atoms with Crippen LogP contribution in [0.3, 0.4) is 0 Å². The summed E-state index contributed by atoms with van der Waals surface area (Å²) in [6, 6.07) is 8.87. The molecule has 0 radical (unpaired) electrons. The molecule has 16 heavy (non-hydrogen) atoms. The molecule has 0 spiro atoms. The maximum absolute atomic E-state index is 2.31. The molecular weight excluding hydrogens is 207 g/mol. The summed E-state index contributed by atoms with van der Waals surface area (Å²) < 4.78 is 1.62. The molecule has 0 unspecified atom stereocenters. The van der Waals surface area contributed by atoms with Crippen molar-refractivity contribution in [2.75, 3.05) is 0 Å². The molecule has 0 atom stereocenters. The second-order valence-electron chi connectivity index (χ2n) is 4.62. The first-order valence-electron chi connectivity index (χ1n) is 6.73. The number of rotatable bonds is 8. The number of hydrogen-bond acceptors (Lipinski definition) is 0. The minimum absolute atomic E-state index is 0.518. The molecule has 0 heterocycles. The van der Waals surface area contributed by atoms with Crippen molar-refractivity contribution in [1.29, 1.82) is 0 Å². The third-order valence-electron chi connectivity index (χ3n) is 3.11. The van der Waals surface area contributed by atoms with Crippen molar-refractivity contribution in [3.05, 3.63) is 29.8 Å². The van der Waals surface area contributed by atoms with Crippen LogP contribution in [-0.2, 0) is 0 Å². The first-order chi connectivity index (χ1) is 7.84. The fourth-order valence-electron chi connectivity index (χ4n) is 2.00. The number of benzene rings is 1. The summed E-state index contributed by atoms with van der Waals surface area (Å²) in [5, 5.41) is 1.44. The molecule has 0 bridgehead atoms. The van der Waals surface area contributed by atoms with E-state index >= 15 is 0 Å². The van der Waals surface area contributed by atoms with Crippen LogP contribution in [0.4, 0.5) is 0 Å². The third-order valence-corrected chi connectivity index (χ3v) is 4.89. The molecule has 0 aliphatic rings. The van der Waals surface area contributed by atoms with Crippen molar-refractivity contribution < 1.29 is 0 Å². The van der Waals surface area contributed by atoms with Crippen molar-refractivity contribution >= 4 is 19.6 Å². The van der Waals surface area contributed by atoms with E-state index in [1.54, 1.807) is 4.43 Å². The molecule has 1 rings (SSSR count). The SMILES string of the molecule is CCCCCCC[CH2][Al+][c]1ccccc1C. The van der Waals surface area contributed by atoms with E-state index in [0.717, 1.165) is 0 Å². The Morgan fingerprint density at radius 2 is 1.62 bits per heavy atom. The topological polar surface area (TPSA) is 0 Å². The Hall–Kier alpha value is -0.248. The Morgan fingerprint density at radius 1 is 0.938 bits per heavy atom. The fourth-order valence-corrected chi connectivity index (χ4v) is 3.47. The quantitative estimate of drug-likeness (QED) is 0.466. The molecule has 0 aliphatic carbocycles. The van der Waals surface area contributed by atoms with Crippen LogP contribution in [0.2, 0.25) is 5.28 Å². The molecule has 0 saturated heterocycles. The molecule has 0 amide bonds. The Bertz CT molecular complexity index is 281. The first-order valence-corrected chi connectivity index (χ1v) is 8.13. The van der Waals surface area contributed by atoms with Crippen molar-refractivity contribution in [1.82, 2.24) is 0 Å². The van der Waals surface area contributed by atoms with Crippen molar-refractivity contribution in [3.8, 4) is 0 Å². The van der Waals surface area contributed by atoms with Gasteiger partial charge in [0.15, 0.2) is 0 Å². The van der Waals surface area contributed by atoms with Gasteiger partial charge in [-0.15, -0.1) is 0 Å². The molecule has 86 valence electrons. The summed E-state index contributed by atoms with van der Waals surface area (Å²) in [4.78, 5) is 0. The Labute approximate surface area is 107 Å². The van der Waals surface area contributed by atoms with Crippen LogP contribution in [0.15, 0.2) is 24.3 Å². The van der Waals surface area contributed by atoms with E-state index in [-0.39, 0.29) is 0 Å². The zero-order valence-corrected chi connectivity index (χ0v) is 12.0. The van der Waals surface area contributed by atoms with E-state index < -0.39 is 0 Å². The van der Waals surface area contributed by atoms with Gasteiger partial charge in [-0.3, -0.25) is 0 Å². The number of unbranched alkanes of at least 4 members (excludes halogenated alkanes) is 5. The van der Waals surface area contributed by atoms with Gasteiger partial charge in [0.1, 0.15) is 0 Å². The van der Waals surface area contributed by atoms with Gasteiger partial charge < -0.3 is 0 Å². The average Bonchev–Trinajstić information content (AvgIpc) is 2.30.